The maximum absolute atomic E-state index is 12.0. The Bertz CT molecular complexity index is 650. The Kier molecular flexibility index (Phi) is 3.87. The molecular weight excluding hydrogens is 272 g/mol. The average Bonchev–Trinajstić information content (AvgIpc) is 2.88. The molecule has 2 unspecified atom stereocenters. The highest BCUT2D eigenvalue weighted by Gasteiger charge is 2.27. The molecule has 108 valence electrons. The van der Waals surface area contributed by atoms with Gasteiger partial charge < -0.3 is 10.7 Å². The summed E-state index contributed by atoms with van der Waals surface area (Å²) in [5.74, 6) is 1.35. The predicted molar refractivity (Wildman–Crippen MR) is 81.9 cm³/mol. The molecule has 1 aliphatic rings. The van der Waals surface area contributed by atoms with E-state index in [-0.39, 0.29) is 5.56 Å². The molecule has 3 rings (SSSR count). The van der Waals surface area contributed by atoms with Crippen molar-refractivity contribution in [2.75, 3.05) is 13.1 Å². The Hall–Kier alpha value is -1.24. The normalized spacial score (nSPS) is 24.3. The Morgan fingerprint density at radius 2 is 2.45 bits per heavy atom. The topological polar surface area (TPSA) is 75.0 Å². The van der Waals surface area contributed by atoms with Crippen LogP contribution in [0.3, 0.4) is 0 Å². The van der Waals surface area contributed by atoms with Gasteiger partial charge >= 0.3 is 0 Å². The van der Waals surface area contributed by atoms with Gasteiger partial charge in [-0.15, -0.1) is 11.3 Å². The molecule has 2 aromatic heterocycles. The summed E-state index contributed by atoms with van der Waals surface area (Å²) in [6, 6.07) is 2.28. The van der Waals surface area contributed by atoms with Gasteiger partial charge in [0.25, 0.3) is 5.56 Å². The number of aromatic nitrogens is 2. The highest BCUT2D eigenvalue weighted by molar-refractivity contribution is 7.17. The first kappa shape index (κ1) is 13.7. The largest absolute Gasteiger partial charge is 0.329 e. The summed E-state index contributed by atoms with van der Waals surface area (Å²) in [4.78, 5) is 21.8. The smallest absolute Gasteiger partial charge is 0.268 e. The minimum atomic E-state index is -0.0330. The van der Waals surface area contributed by atoms with Gasteiger partial charge in [0.05, 0.1) is 12.1 Å². The van der Waals surface area contributed by atoms with Crippen molar-refractivity contribution in [2.24, 2.45) is 11.7 Å². The van der Waals surface area contributed by atoms with Crippen molar-refractivity contribution in [3.05, 3.63) is 27.6 Å². The zero-order chi connectivity index (χ0) is 14.1. The summed E-state index contributed by atoms with van der Waals surface area (Å²) < 4.78 is 0.705. The fraction of sp³-hybridized carbons (Fsp3) is 0.571. The lowest BCUT2D eigenvalue weighted by atomic mass is 9.91. The van der Waals surface area contributed by atoms with Crippen molar-refractivity contribution in [3.63, 3.8) is 0 Å². The molecule has 3 heterocycles. The minimum absolute atomic E-state index is 0.0330. The number of rotatable bonds is 3. The Labute approximate surface area is 121 Å². The molecule has 0 radical (unpaired) electrons. The third-order valence-corrected chi connectivity index (χ3v) is 5.09. The van der Waals surface area contributed by atoms with Crippen molar-refractivity contribution < 1.29 is 0 Å². The number of aromatic amines is 1. The van der Waals surface area contributed by atoms with Gasteiger partial charge in [-0.05, 0) is 36.8 Å². The number of nitrogens with zero attached hydrogens (tertiary/aromatic N) is 2. The number of fused-ring (bicyclic) bond motifs is 1. The lowest BCUT2D eigenvalue weighted by Gasteiger charge is -2.39. The van der Waals surface area contributed by atoms with Crippen molar-refractivity contribution >= 4 is 21.6 Å². The number of nitrogens with one attached hydrogen (secondary N) is 1. The fourth-order valence-corrected chi connectivity index (χ4v) is 3.83. The van der Waals surface area contributed by atoms with Gasteiger partial charge in [-0.25, -0.2) is 4.98 Å². The van der Waals surface area contributed by atoms with Crippen LogP contribution in [0.2, 0.25) is 0 Å². The lowest BCUT2D eigenvalue weighted by molar-refractivity contribution is 0.0964. The number of thiophene rings is 1. The molecule has 6 heteroatoms. The van der Waals surface area contributed by atoms with Gasteiger partial charge in [0, 0.05) is 12.6 Å². The number of hydrogen-bond donors (Lipinski definition) is 2. The summed E-state index contributed by atoms with van der Waals surface area (Å²) in [5.41, 5.74) is 6.67. The fourth-order valence-electron chi connectivity index (χ4n) is 3.10. The van der Waals surface area contributed by atoms with Crippen LogP contribution in [0.25, 0.3) is 10.2 Å². The van der Waals surface area contributed by atoms with Crippen molar-refractivity contribution in [1.82, 2.24) is 14.9 Å². The second-order valence-corrected chi connectivity index (χ2v) is 6.46. The van der Waals surface area contributed by atoms with E-state index in [9.17, 15) is 4.79 Å². The van der Waals surface area contributed by atoms with Gasteiger partial charge in [-0.3, -0.25) is 9.69 Å². The molecule has 1 aliphatic heterocycles. The summed E-state index contributed by atoms with van der Waals surface area (Å²) in [7, 11) is 0. The van der Waals surface area contributed by atoms with E-state index in [2.05, 4.69) is 21.8 Å². The maximum atomic E-state index is 12.0. The summed E-state index contributed by atoms with van der Waals surface area (Å²) in [5, 5.41) is 1.91. The molecule has 1 fully saturated rings. The van der Waals surface area contributed by atoms with Crippen molar-refractivity contribution in [2.45, 2.75) is 32.4 Å². The van der Waals surface area contributed by atoms with E-state index in [0.29, 0.717) is 29.7 Å². The van der Waals surface area contributed by atoms with Crippen LogP contribution >= 0.6 is 11.3 Å². The number of H-pyrrole nitrogens is 1. The van der Waals surface area contributed by atoms with Crippen LogP contribution in [-0.4, -0.2) is 34.0 Å². The van der Waals surface area contributed by atoms with Crippen molar-refractivity contribution in [3.8, 4) is 0 Å². The van der Waals surface area contributed by atoms with Gasteiger partial charge in [-0.2, -0.15) is 0 Å². The van der Waals surface area contributed by atoms with Crippen LogP contribution in [0.1, 0.15) is 25.6 Å². The Morgan fingerprint density at radius 3 is 3.25 bits per heavy atom. The molecule has 0 saturated carbocycles. The number of likely N-dealkylation sites (tertiary alicyclic amines) is 1. The molecule has 3 N–H and O–H groups in total. The van der Waals surface area contributed by atoms with Gasteiger partial charge in [0.2, 0.25) is 0 Å². The second kappa shape index (κ2) is 5.63. The molecule has 0 spiro atoms. The van der Waals surface area contributed by atoms with Gasteiger partial charge in [0.15, 0.2) is 0 Å². The predicted octanol–water partition coefficient (Wildman–Crippen LogP) is 1.54. The number of hydrogen-bond acceptors (Lipinski definition) is 5. The zero-order valence-corrected chi connectivity index (χ0v) is 12.4. The lowest BCUT2D eigenvalue weighted by Crippen LogP contribution is -2.48. The minimum Gasteiger partial charge on any atom is -0.329 e. The molecule has 20 heavy (non-hydrogen) atoms. The van der Waals surface area contributed by atoms with Gasteiger partial charge in [0.1, 0.15) is 10.5 Å². The van der Waals surface area contributed by atoms with Crippen molar-refractivity contribution in [1.29, 1.82) is 0 Å². The monoisotopic (exact) mass is 292 g/mol. The van der Waals surface area contributed by atoms with Crippen LogP contribution in [0, 0.1) is 5.92 Å². The van der Waals surface area contributed by atoms with Crippen LogP contribution < -0.4 is 11.3 Å². The molecule has 2 atom stereocenters. The van der Waals surface area contributed by atoms with Crippen LogP contribution in [0.4, 0.5) is 0 Å². The van der Waals surface area contributed by atoms with E-state index < -0.39 is 0 Å². The third kappa shape index (κ3) is 2.51. The number of nitrogens with two attached hydrogens (primary N) is 1. The first-order valence-corrected chi connectivity index (χ1v) is 7.97. The SMILES string of the molecule is CC1CCCN(Cc2nc3ccsc3c(=O)[nH]2)C1CN. The second-order valence-electron chi connectivity index (χ2n) is 5.54. The standard InChI is InChI=1S/C14H20N4OS/c1-9-3-2-5-18(11(9)7-15)8-12-16-10-4-6-20-13(10)14(19)17-12/h4,6,9,11H,2-3,5,7-8,15H2,1H3,(H,16,17,19). The molecule has 1 saturated heterocycles. The number of piperidine rings is 1. The van der Waals surface area contributed by atoms with E-state index in [4.69, 9.17) is 5.73 Å². The maximum Gasteiger partial charge on any atom is 0.268 e. The first-order valence-electron chi connectivity index (χ1n) is 7.09. The van der Waals surface area contributed by atoms with E-state index in [1.54, 1.807) is 0 Å². The molecule has 0 amide bonds. The summed E-state index contributed by atoms with van der Waals surface area (Å²) in [6.07, 6.45) is 2.41. The van der Waals surface area contributed by atoms with E-state index in [0.717, 1.165) is 17.9 Å². The molecule has 2 aromatic rings. The average molecular weight is 292 g/mol. The van der Waals surface area contributed by atoms with Crippen LogP contribution in [0.15, 0.2) is 16.2 Å². The summed E-state index contributed by atoms with van der Waals surface area (Å²) in [6.45, 7) is 4.61. The van der Waals surface area contributed by atoms with E-state index in [1.165, 1.54) is 24.2 Å². The Balaban J connectivity index is 1.86. The van der Waals surface area contributed by atoms with Gasteiger partial charge in [-0.1, -0.05) is 6.92 Å². The quantitative estimate of drug-likeness (QED) is 0.900. The molecule has 0 bridgehead atoms. The van der Waals surface area contributed by atoms with Crippen LogP contribution in [0.5, 0.6) is 0 Å². The highest BCUT2D eigenvalue weighted by atomic mass is 32.1. The zero-order valence-electron chi connectivity index (χ0n) is 11.6. The van der Waals surface area contributed by atoms with E-state index >= 15 is 0 Å². The Morgan fingerprint density at radius 1 is 1.60 bits per heavy atom. The summed E-state index contributed by atoms with van der Waals surface area (Å²) >= 11 is 1.43. The van der Waals surface area contributed by atoms with Crippen LogP contribution in [-0.2, 0) is 6.54 Å². The first-order chi connectivity index (χ1) is 9.69. The molecular formula is C14H20N4OS. The molecule has 0 aromatic carbocycles. The molecule has 0 aliphatic carbocycles. The third-order valence-electron chi connectivity index (χ3n) is 4.19. The highest BCUT2D eigenvalue weighted by Crippen LogP contribution is 2.24. The molecule has 5 nitrogen and oxygen atoms in total. The van der Waals surface area contributed by atoms with E-state index in [1.807, 2.05) is 11.4 Å².